The number of pyridine rings is 1. The molecule has 5 heteroatoms. The van der Waals surface area contributed by atoms with Gasteiger partial charge in [-0.15, -0.1) is 0 Å². The van der Waals surface area contributed by atoms with E-state index in [-0.39, 0.29) is 17.3 Å². The number of benzene rings is 2. The minimum atomic E-state index is -0.515. The summed E-state index contributed by atoms with van der Waals surface area (Å²) in [6.07, 6.45) is 1.57. The summed E-state index contributed by atoms with van der Waals surface area (Å²) in [5.74, 6) is 6.51. The Morgan fingerprint density at radius 2 is 1.66 bits per heavy atom. The van der Waals surface area contributed by atoms with Crippen molar-refractivity contribution in [1.29, 1.82) is 0 Å². The Morgan fingerprint density at radius 1 is 0.897 bits per heavy atom. The highest BCUT2D eigenvalue weighted by Gasteiger charge is 2.15. The minimum absolute atomic E-state index is 0.148. The molecule has 0 fully saturated rings. The van der Waals surface area contributed by atoms with Gasteiger partial charge >= 0.3 is 5.69 Å². The third-order valence-corrected chi connectivity index (χ3v) is 4.68. The highest BCUT2D eigenvalue weighted by Crippen LogP contribution is 2.21. The first-order valence-corrected chi connectivity index (χ1v) is 9.36. The molecule has 0 saturated heterocycles. The van der Waals surface area contributed by atoms with Crippen molar-refractivity contribution in [3.05, 3.63) is 104 Å². The van der Waals surface area contributed by atoms with Crippen LogP contribution in [0, 0.1) is 11.8 Å². The third kappa shape index (κ3) is 3.61. The lowest BCUT2D eigenvalue weighted by atomic mass is 9.99. The van der Waals surface area contributed by atoms with Crippen molar-refractivity contribution >= 4 is 10.9 Å². The molecular weight excluding hydrogens is 362 g/mol. The van der Waals surface area contributed by atoms with Gasteiger partial charge in [-0.1, -0.05) is 56.0 Å². The van der Waals surface area contributed by atoms with E-state index in [0.29, 0.717) is 16.5 Å². The van der Waals surface area contributed by atoms with Crippen molar-refractivity contribution in [2.24, 2.45) is 0 Å². The summed E-state index contributed by atoms with van der Waals surface area (Å²) in [6.45, 7) is 4.03. The average molecular weight is 381 g/mol. The molecule has 2 aromatic heterocycles. The summed E-state index contributed by atoms with van der Waals surface area (Å²) >= 11 is 0. The van der Waals surface area contributed by atoms with Gasteiger partial charge in [-0.25, -0.2) is 14.3 Å². The number of aromatic nitrogens is 3. The van der Waals surface area contributed by atoms with E-state index in [2.05, 4.69) is 21.8 Å². The standard InChI is InChI=1S/C24H19N3O2/c1-16(2)19-9-6-10-20-22(19)23(28)27(24(29)26-20)21-14-13-18(15-25-21)12-11-17-7-4-3-5-8-17/h3-10,13-16H,1-2H3,(H,26,29). The number of H-pyrrole nitrogens is 1. The molecule has 29 heavy (non-hydrogen) atoms. The Labute approximate surface area is 167 Å². The van der Waals surface area contributed by atoms with Crippen molar-refractivity contribution < 1.29 is 0 Å². The van der Waals surface area contributed by atoms with E-state index in [9.17, 15) is 9.59 Å². The predicted molar refractivity (Wildman–Crippen MR) is 114 cm³/mol. The molecule has 0 atom stereocenters. The number of hydrogen-bond donors (Lipinski definition) is 1. The summed E-state index contributed by atoms with van der Waals surface area (Å²) in [5.41, 5.74) is 2.14. The molecule has 0 radical (unpaired) electrons. The van der Waals surface area contributed by atoms with Gasteiger partial charge in [0.2, 0.25) is 0 Å². The maximum absolute atomic E-state index is 13.1. The summed E-state index contributed by atoms with van der Waals surface area (Å²) in [4.78, 5) is 32.8. The lowest BCUT2D eigenvalue weighted by Crippen LogP contribution is -2.34. The first kappa shape index (κ1) is 18.5. The molecule has 142 valence electrons. The molecule has 2 heterocycles. The lowest BCUT2D eigenvalue weighted by molar-refractivity contribution is 0.846. The first-order valence-electron chi connectivity index (χ1n) is 9.36. The second-order valence-electron chi connectivity index (χ2n) is 7.02. The number of hydrogen-bond acceptors (Lipinski definition) is 3. The zero-order chi connectivity index (χ0) is 20.4. The number of rotatable bonds is 2. The second kappa shape index (κ2) is 7.61. The van der Waals surface area contributed by atoms with Crippen molar-refractivity contribution in [2.75, 3.05) is 0 Å². The molecule has 0 saturated carbocycles. The summed E-state index contributed by atoms with van der Waals surface area (Å²) in [7, 11) is 0. The van der Waals surface area contributed by atoms with Gasteiger partial charge < -0.3 is 4.98 Å². The van der Waals surface area contributed by atoms with E-state index >= 15 is 0 Å². The van der Waals surface area contributed by atoms with E-state index in [1.807, 2.05) is 56.3 Å². The minimum Gasteiger partial charge on any atom is -0.306 e. The van der Waals surface area contributed by atoms with Gasteiger partial charge in [-0.2, -0.15) is 0 Å². The maximum atomic E-state index is 13.1. The largest absolute Gasteiger partial charge is 0.334 e. The Hall–Kier alpha value is -3.91. The molecular formula is C24H19N3O2. The normalized spacial score (nSPS) is 10.7. The van der Waals surface area contributed by atoms with E-state index in [1.54, 1.807) is 24.4 Å². The Balaban J connectivity index is 1.79. The van der Waals surface area contributed by atoms with Crippen LogP contribution in [0.15, 0.2) is 76.4 Å². The van der Waals surface area contributed by atoms with Gasteiger partial charge in [0.15, 0.2) is 0 Å². The zero-order valence-electron chi connectivity index (χ0n) is 16.1. The monoisotopic (exact) mass is 381 g/mol. The fourth-order valence-electron chi connectivity index (χ4n) is 3.24. The van der Waals surface area contributed by atoms with Gasteiger partial charge in [0.05, 0.1) is 10.9 Å². The molecule has 0 aliphatic heterocycles. The zero-order valence-corrected chi connectivity index (χ0v) is 16.1. The third-order valence-electron chi connectivity index (χ3n) is 4.68. The smallest absolute Gasteiger partial charge is 0.306 e. The summed E-state index contributed by atoms with van der Waals surface area (Å²) in [6, 6.07) is 18.5. The highest BCUT2D eigenvalue weighted by atomic mass is 16.2. The average Bonchev–Trinajstić information content (AvgIpc) is 2.73. The molecule has 0 aliphatic rings. The molecule has 1 N–H and O–H groups in total. The molecule has 0 amide bonds. The van der Waals surface area contributed by atoms with Crippen LogP contribution in [0.25, 0.3) is 16.7 Å². The van der Waals surface area contributed by atoms with Crippen LogP contribution >= 0.6 is 0 Å². The number of aromatic amines is 1. The molecule has 0 aliphatic carbocycles. The van der Waals surface area contributed by atoms with E-state index in [4.69, 9.17) is 0 Å². The van der Waals surface area contributed by atoms with Gasteiger partial charge in [0.25, 0.3) is 5.56 Å². The quantitative estimate of drug-likeness (QED) is 0.540. The van der Waals surface area contributed by atoms with Crippen molar-refractivity contribution in [3.8, 4) is 17.7 Å². The van der Waals surface area contributed by atoms with Gasteiger partial charge in [-0.3, -0.25) is 4.79 Å². The van der Waals surface area contributed by atoms with Crippen LogP contribution in [0.3, 0.4) is 0 Å². The molecule has 5 nitrogen and oxygen atoms in total. The highest BCUT2D eigenvalue weighted by molar-refractivity contribution is 5.81. The van der Waals surface area contributed by atoms with Crippen LogP contribution in [-0.2, 0) is 0 Å². The number of nitrogens with one attached hydrogen (secondary N) is 1. The van der Waals surface area contributed by atoms with Crippen molar-refractivity contribution in [1.82, 2.24) is 14.5 Å². The van der Waals surface area contributed by atoms with Crippen LogP contribution < -0.4 is 11.2 Å². The second-order valence-corrected chi connectivity index (χ2v) is 7.02. The van der Waals surface area contributed by atoms with Gasteiger partial charge in [0, 0.05) is 17.3 Å². The molecule has 2 aromatic carbocycles. The van der Waals surface area contributed by atoms with Gasteiger partial charge in [-0.05, 0) is 41.8 Å². The Morgan fingerprint density at radius 3 is 2.34 bits per heavy atom. The van der Waals surface area contributed by atoms with Crippen molar-refractivity contribution in [2.45, 2.75) is 19.8 Å². The number of fused-ring (bicyclic) bond motifs is 1. The van der Waals surface area contributed by atoms with Crippen LogP contribution in [0.5, 0.6) is 0 Å². The summed E-state index contributed by atoms with van der Waals surface area (Å²) in [5, 5.41) is 0.511. The molecule has 0 spiro atoms. The Kier molecular flexibility index (Phi) is 4.84. The lowest BCUT2D eigenvalue weighted by Gasteiger charge is -2.11. The fourth-order valence-corrected chi connectivity index (χ4v) is 3.24. The van der Waals surface area contributed by atoms with E-state index < -0.39 is 5.69 Å². The van der Waals surface area contributed by atoms with Crippen LogP contribution in [0.1, 0.15) is 36.5 Å². The summed E-state index contributed by atoms with van der Waals surface area (Å²) < 4.78 is 1.07. The van der Waals surface area contributed by atoms with Crippen LogP contribution in [0.2, 0.25) is 0 Å². The van der Waals surface area contributed by atoms with Crippen LogP contribution in [0.4, 0.5) is 0 Å². The maximum Gasteiger partial charge on any atom is 0.334 e. The van der Waals surface area contributed by atoms with Gasteiger partial charge in [0.1, 0.15) is 5.82 Å². The fraction of sp³-hybridized carbons (Fsp3) is 0.125. The van der Waals surface area contributed by atoms with E-state index in [0.717, 1.165) is 15.7 Å². The first-order chi connectivity index (χ1) is 14.0. The molecule has 4 rings (SSSR count). The van der Waals surface area contributed by atoms with Crippen LogP contribution in [-0.4, -0.2) is 14.5 Å². The molecule has 4 aromatic rings. The molecule has 0 unspecified atom stereocenters. The topological polar surface area (TPSA) is 67.8 Å². The molecule has 0 bridgehead atoms. The predicted octanol–water partition coefficient (Wildman–Crippen LogP) is 3.60. The van der Waals surface area contributed by atoms with Crippen molar-refractivity contribution in [3.63, 3.8) is 0 Å². The SMILES string of the molecule is CC(C)c1cccc2[nH]c(=O)n(-c3ccc(C#Cc4ccccc4)cn3)c(=O)c12. The number of nitrogens with zero attached hydrogens (tertiary/aromatic N) is 2. The van der Waals surface area contributed by atoms with E-state index in [1.165, 1.54) is 0 Å². The Bertz CT molecular complexity index is 1350.